The highest BCUT2D eigenvalue weighted by molar-refractivity contribution is 5.94. The summed E-state index contributed by atoms with van der Waals surface area (Å²) in [6.07, 6.45) is 5.49. The van der Waals surface area contributed by atoms with Crippen LogP contribution in [0.3, 0.4) is 0 Å². The summed E-state index contributed by atoms with van der Waals surface area (Å²) in [5.41, 5.74) is 4.23. The van der Waals surface area contributed by atoms with E-state index in [1.807, 2.05) is 12.1 Å². The fourth-order valence-corrected chi connectivity index (χ4v) is 5.23. The number of hydrogen-bond acceptors (Lipinski definition) is 7. The summed E-state index contributed by atoms with van der Waals surface area (Å²) in [5, 5.41) is 6.63. The molecule has 3 heterocycles. The quantitative estimate of drug-likeness (QED) is 0.483. The van der Waals surface area contributed by atoms with E-state index in [-0.39, 0.29) is 17.4 Å². The number of nitrogens with one attached hydrogen (secondary N) is 2. The lowest BCUT2D eigenvalue weighted by atomic mass is 9.86. The van der Waals surface area contributed by atoms with Crippen molar-refractivity contribution in [1.82, 2.24) is 20.2 Å². The number of nitrogens with zero attached hydrogens (tertiary/aromatic N) is 5. The molecule has 0 unspecified atom stereocenters. The first kappa shape index (κ1) is 26.9. The van der Waals surface area contributed by atoms with Crippen LogP contribution < -0.4 is 20.4 Å². The van der Waals surface area contributed by atoms with Gasteiger partial charge in [-0.2, -0.15) is 0 Å². The van der Waals surface area contributed by atoms with Crippen LogP contribution in [0, 0.1) is 0 Å². The van der Waals surface area contributed by atoms with Gasteiger partial charge < -0.3 is 25.3 Å². The Balaban J connectivity index is 1.18. The van der Waals surface area contributed by atoms with Crippen molar-refractivity contribution in [3.63, 3.8) is 0 Å². The Morgan fingerprint density at radius 3 is 2.31 bits per heavy atom. The summed E-state index contributed by atoms with van der Waals surface area (Å²) in [6.45, 7) is 12.4. The van der Waals surface area contributed by atoms with Gasteiger partial charge in [-0.25, -0.2) is 4.98 Å². The fourth-order valence-electron chi connectivity index (χ4n) is 5.23. The molecule has 0 radical (unpaired) electrons. The number of anilines is 4. The molecule has 2 aromatic carbocycles. The molecule has 5 rings (SSSR count). The van der Waals surface area contributed by atoms with Crippen molar-refractivity contribution in [2.24, 2.45) is 0 Å². The first-order valence-corrected chi connectivity index (χ1v) is 14.0. The first-order valence-electron chi connectivity index (χ1n) is 14.0. The summed E-state index contributed by atoms with van der Waals surface area (Å²) < 4.78 is 0. The number of hydrogen-bond donors (Lipinski definition) is 2. The molecule has 0 saturated carbocycles. The molecule has 2 aliphatic heterocycles. The van der Waals surface area contributed by atoms with Gasteiger partial charge in [0, 0.05) is 62.2 Å². The smallest absolute Gasteiger partial charge is 0.251 e. The highest BCUT2D eigenvalue weighted by atomic mass is 16.1. The normalized spacial score (nSPS) is 18.6. The maximum atomic E-state index is 12.9. The number of amides is 1. The number of likely N-dealkylation sites (N-methyl/N-ethyl adjacent to an activating group) is 1. The van der Waals surface area contributed by atoms with E-state index in [0.717, 1.165) is 57.1 Å². The van der Waals surface area contributed by atoms with E-state index in [0.29, 0.717) is 17.9 Å². The topological polar surface area (TPSA) is 76.6 Å². The summed E-state index contributed by atoms with van der Waals surface area (Å²) in [4.78, 5) is 29.2. The van der Waals surface area contributed by atoms with E-state index in [2.05, 4.69) is 94.5 Å². The van der Waals surface area contributed by atoms with E-state index >= 15 is 0 Å². The number of benzene rings is 2. The Morgan fingerprint density at radius 1 is 0.897 bits per heavy atom. The van der Waals surface area contributed by atoms with Gasteiger partial charge in [0.05, 0.1) is 12.4 Å². The Hall–Kier alpha value is -3.65. The van der Waals surface area contributed by atoms with Gasteiger partial charge in [-0.3, -0.25) is 9.78 Å². The van der Waals surface area contributed by atoms with Crippen LogP contribution in [0.1, 0.15) is 49.5 Å². The molecule has 0 spiro atoms. The van der Waals surface area contributed by atoms with Gasteiger partial charge in [0.25, 0.3) is 5.91 Å². The highest BCUT2D eigenvalue weighted by Crippen LogP contribution is 2.25. The van der Waals surface area contributed by atoms with Crippen LogP contribution in [-0.2, 0) is 5.41 Å². The van der Waals surface area contributed by atoms with E-state index in [1.54, 1.807) is 12.4 Å². The molecule has 8 heteroatoms. The molecule has 2 fully saturated rings. The number of piperidine rings is 1. The fraction of sp³-hybridized carbons (Fsp3) is 0.452. The predicted molar refractivity (Wildman–Crippen MR) is 159 cm³/mol. The van der Waals surface area contributed by atoms with Crippen LogP contribution in [0.15, 0.2) is 60.9 Å². The molecule has 0 aliphatic carbocycles. The zero-order chi connectivity index (χ0) is 27.4. The molecular weight excluding hydrogens is 486 g/mol. The predicted octanol–water partition coefficient (Wildman–Crippen LogP) is 4.67. The van der Waals surface area contributed by atoms with Gasteiger partial charge in [0.1, 0.15) is 5.82 Å². The Morgan fingerprint density at radius 2 is 1.62 bits per heavy atom. The number of carbonyl (C=O) groups is 1. The summed E-state index contributed by atoms with van der Waals surface area (Å²) >= 11 is 0. The maximum Gasteiger partial charge on any atom is 0.251 e. The van der Waals surface area contributed by atoms with Crippen LogP contribution in [0.5, 0.6) is 0 Å². The van der Waals surface area contributed by atoms with Crippen molar-refractivity contribution in [3.05, 3.63) is 72.1 Å². The molecule has 1 amide bonds. The molecule has 1 atom stereocenters. The molecule has 2 aliphatic rings. The van der Waals surface area contributed by atoms with E-state index in [4.69, 9.17) is 4.98 Å². The molecular formula is C31H41N7O. The number of aromatic nitrogens is 2. The van der Waals surface area contributed by atoms with E-state index in [9.17, 15) is 4.79 Å². The number of rotatable bonds is 6. The highest BCUT2D eigenvalue weighted by Gasteiger charge is 2.24. The molecule has 8 nitrogen and oxygen atoms in total. The van der Waals surface area contributed by atoms with Crippen LogP contribution in [0.25, 0.3) is 0 Å². The molecule has 2 saturated heterocycles. The van der Waals surface area contributed by atoms with Crippen molar-refractivity contribution in [1.29, 1.82) is 0 Å². The third-order valence-corrected chi connectivity index (χ3v) is 7.72. The summed E-state index contributed by atoms with van der Waals surface area (Å²) in [7, 11) is 2.17. The molecule has 0 bridgehead atoms. The third-order valence-electron chi connectivity index (χ3n) is 7.72. The molecule has 2 N–H and O–H groups in total. The minimum absolute atomic E-state index is 0.0242. The number of piperazine rings is 1. The standard InChI is InChI=1S/C31H41N7O/c1-31(2,3)24-9-7-23(8-10-24)30(39)34-26-6-5-15-38(22-26)29-21-32-20-28(35-29)33-25-11-13-27(14-12-25)37-18-16-36(4)17-19-37/h7-14,20-21,26H,5-6,15-19,22H2,1-4H3,(H,33,35)(H,34,39)/t26-/m1/s1. The number of carbonyl (C=O) groups excluding carboxylic acids is 1. The van der Waals surface area contributed by atoms with Gasteiger partial charge in [-0.1, -0.05) is 32.9 Å². The minimum Gasteiger partial charge on any atom is -0.369 e. The van der Waals surface area contributed by atoms with E-state index < -0.39 is 0 Å². The van der Waals surface area contributed by atoms with Crippen LogP contribution in [0.2, 0.25) is 0 Å². The average molecular weight is 528 g/mol. The van der Waals surface area contributed by atoms with Gasteiger partial charge >= 0.3 is 0 Å². The maximum absolute atomic E-state index is 12.9. The SMILES string of the molecule is CN1CCN(c2ccc(Nc3cncc(N4CCC[C@@H](NC(=O)c5ccc(C(C)(C)C)cc5)C4)n3)cc2)CC1. The summed E-state index contributed by atoms with van der Waals surface area (Å²) in [5.74, 6) is 1.51. The summed E-state index contributed by atoms with van der Waals surface area (Å²) in [6, 6.07) is 16.5. The van der Waals surface area contributed by atoms with Crippen molar-refractivity contribution in [2.45, 2.75) is 45.1 Å². The van der Waals surface area contributed by atoms with Crippen molar-refractivity contribution in [2.75, 3.05) is 61.4 Å². The largest absolute Gasteiger partial charge is 0.369 e. The average Bonchev–Trinajstić information content (AvgIpc) is 2.94. The van der Waals surface area contributed by atoms with Gasteiger partial charge in [-0.05, 0) is 67.3 Å². The van der Waals surface area contributed by atoms with Crippen molar-refractivity contribution >= 4 is 28.9 Å². The third kappa shape index (κ3) is 6.87. The monoisotopic (exact) mass is 527 g/mol. The Kier molecular flexibility index (Phi) is 8.02. The zero-order valence-corrected chi connectivity index (χ0v) is 23.7. The molecule has 206 valence electrons. The second-order valence-corrected chi connectivity index (χ2v) is 11.8. The van der Waals surface area contributed by atoms with Crippen LogP contribution in [0.4, 0.5) is 23.0 Å². The second-order valence-electron chi connectivity index (χ2n) is 11.8. The molecule has 3 aromatic rings. The lowest BCUT2D eigenvalue weighted by Crippen LogP contribution is -2.48. The minimum atomic E-state index is -0.0242. The van der Waals surface area contributed by atoms with Gasteiger partial charge in [0.2, 0.25) is 0 Å². The van der Waals surface area contributed by atoms with E-state index in [1.165, 1.54) is 11.3 Å². The Bertz CT molecular complexity index is 1250. The lowest BCUT2D eigenvalue weighted by molar-refractivity contribution is 0.0933. The van der Waals surface area contributed by atoms with Crippen molar-refractivity contribution < 1.29 is 4.79 Å². The molecule has 1 aromatic heterocycles. The first-order chi connectivity index (χ1) is 18.7. The van der Waals surface area contributed by atoms with Gasteiger partial charge in [-0.15, -0.1) is 0 Å². The zero-order valence-electron chi connectivity index (χ0n) is 23.7. The van der Waals surface area contributed by atoms with Gasteiger partial charge in [0.15, 0.2) is 5.82 Å². The molecule has 39 heavy (non-hydrogen) atoms. The Labute approximate surface area is 232 Å². The second kappa shape index (κ2) is 11.6. The van der Waals surface area contributed by atoms with Crippen LogP contribution >= 0.6 is 0 Å². The lowest BCUT2D eigenvalue weighted by Gasteiger charge is -2.34. The van der Waals surface area contributed by atoms with Crippen LogP contribution in [-0.4, -0.2) is 73.1 Å². The van der Waals surface area contributed by atoms with Crippen molar-refractivity contribution in [3.8, 4) is 0 Å².